The van der Waals surface area contributed by atoms with Crippen molar-refractivity contribution in [3.8, 4) is 5.75 Å². The Hall–Kier alpha value is -0.170. The number of aromatic hydroxyl groups is 1. The van der Waals surface area contributed by atoms with Gasteiger partial charge in [-0.15, -0.1) is 12.4 Å². The number of halogens is 6. The summed E-state index contributed by atoms with van der Waals surface area (Å²) in [6.07, 6.45) is -4.62. The SMILES string of the molecule is Cl.N[C@@H](c1cc(Cl)cc(Br)c1O)C(F)(F)F. The molecular formula is C8H7BrCl2F3NO. The summed E-state index contributed by atoms with van der Waals surface area (Å²) in [6.45, 7) is 0. The van der Waals surface area contributed by atoms with Crippen molar-refractivity contribution in [2.45, 2.75) is 12.2 Å². The lowest BCUT2D eigenvalue weighted by molar-refractivity contribution is -0.149. The highest BCUT2D eigenvalue weighted by Gasteiger charge is 2.39. The van der Waals surface area contributed by atoms with Crippen LogP contribution in [0.2, 0.25) is 5.02 Å². The summed E-state index contributed by atoms with van der Waals surface area (Å²) in [5.41, 5.74) is 4.49. The molecule has 16 heavy (non-hydrogen) atoms. The van der Waals surface area contributed by atoms with Gasteiger partial charge in [0.15, 0.2) is 0 Å². The van der Waals surface area contributed by atoms with Gasteiger partial charge in [-0.2, -0.15) is 13.2 Å². The fourth-order valence-electron chi connectivity index (χ4n) is 0.999. The van der Waals surface area contributed by atoms with E-state index in [1.807, 2.05) is 0 Å². The molecule has 1 atom stereocenters. The Morgan fingerprint density at radius 2 is 1.88 bits per heavy atom. The Morgan fingerprint density at radius 3 is 2.31 bits per heavy atom. The van der Waals surface area contributed by atoms with Gasteiger partial charge in [-0.1, -0.05) is 11.6 Å². The molecule has 1 aromatic carbocycles. The molecule has 0 amide bonds. The molecule has 0 spiro atoms. The third-order valence-corrected chi connectivity index (χ3v) is 2.57. The number of hydrogen-bond donors (Lipinski definition) is 2. The lowest BCUT2D eigenvalue weighted by atomic mass is 10.1. The Kier molecular flexibility index (Phi) is 5.38. The van der Waals surface area contributed by atoms with Crippen molar-refractivity contribution in [1.29, 1.82) is 0 Å². The average molecular weight is 341 g/mol. The van der Waals surface area contributed by atoms with Gasteiger partial charge >= 0.3 is 6.18 Å². The van der Waals surface area contributed by atoms with E-state index in [0.29, 0.717) is 0 Å². The van der Waals surface area contributed by atoms with Crippen molar-refractivity contribution in [3.63, 3.8) is 0 Å². The maximum Gasteiger partial charge on any atom is 0.407 e. The van der Waals surface area contributed by atoms with Crippen LogP contribution in [-0.2, 0) is 0 Å². The number of rotatable bonds is 1. The number of hydrogen-bond acceptors (Lipinski definition) is 2. The molecule has 92 valence electrons. The molecule has 0 aliphatic carbocycles. The summed E-state index contributed by atoms with van der Waals surface area (Å²) in [4.78, 5) is 0. The second-order valence-corrected chi connectivity index (χ2v) is 4.14. The van der Waals surface area contributed by atoms with Crippen molar-refractivity contribution < 1.29 is 18.3 Å². The molecule has 0 saturated heterocycles. The maximum atomic E-state index is 12.3. The van der Waals surface area contributed by atoms with Crippen LogP contribution in [0.1, 0.15) is 11.6 Å². The Balaban J connectivity index is 0.00000225. The molecular weight excluding hydrogens is 334 g/mol. The molecule has 8 heteroatoms. The summed E-state index contributed by atoms with van der Waals surface area (Å²) in [5.74, 6) is -0.552. The van der Waals surface area contributed by atoms with E-state index in [1.165, 1.54) is 6.07 Å². The summed E-state index contributed by atoms with van der Waals surface area (Å²) in [7, 11) is 0. The number of phenols is 1. The standard InChI is InChI=1S/C8H6BrClF3NO.ClH/c9-5-2-3(10)1-4(6(5)15)7(14)8(11,12)13;/h1-2,7,15H,14H2;1H/t7-;/m0./s1. The highest BCUT2D eigenvalue weighted by Crippen LogP contribution is 2.40. The number of benzene rings is 1. The van der Waals surface area contributed by atoms with E-state index in [0.717, 1.165) is 6.07 Å². The van der Waals surface area contributed by atoms with Crippen LogP contribution in [0, 0.1) is 0 Å². The molecule has 3 N–H and O–H groups in total. The zero-order valence-corrected chi connectivity index (χ0v) is 10.7. The second kappa shape index (κ2) is 5.44. The summed E-state index contributed by atoms with van der Waals surface area (Å²) in [5, 5.41) is 9.43. The summed E-state index contributed by atoms with van der Waals surface area (Å²) < 4.78 is 36.9. The minimum atomic E-state index is -4.62. The third-order valence-electron chi connectivity index (χ3n) is 1.75. The third kappa shape index (κ3) is 3.41. The molecule has 0 saturated carbocycles. The van der Waals surface area contributed by atoms with E-state index in [4.69, 9.17) is 17.3 Å². The van der Waals surface area contributed by atoms with Gasteiger partial charge in [-0.25, -0.2) is 0 Å². The van der Waals surface area contributed by atoms with Crippen molar-refractivity contribution in [1.82, 2.24) is 0 Å². The van der Waals surface area contributed by atoms with E-state index in [1.54, 1.807) is 0 Å². The minimum absolute atomic E-state index is 0. The van der Waals surface area contributed by atoms with Crippen LogP contribution in [0.5, 0.6) is 5.75 Å². The molecule has 0 fully saturated rings. The largest absolute Gasteiger partial charge is 0.506 e. The van der Waals surface area contributed by atoms with Crippen molar-refractivity contribution in [2.75, 3.05) is 0 Å². The van der Waals surface area contributed by atoms with Gasteiger partial charge in [0.2, 0.25) is 0 Å². The van der Waals surface area contributed by atoms with E-state index < -0.39 is 23.5 Å². The average Bonchev–Trinajstić information content (AvgIpc) is 2.08. The lowest BCUT2D eigenvalue weighted by Gasteiger charge is -2.17. The molecule has 0 aromatic heterocycles. The molecule has 2 nitrogen and oxygen atoms in total. The van der Waals surface area contributed by atoms with Gasteiger partial charge in [0.25, 0.3) is 0 Å². The smallest absolute Gasteiger partial charge is 0.407 e. The van der Waals surface area contributed by atoms with E-state index in [9.17, 15) is 18.3 Å². The van der Waals surface area contributed by atoms with Gasteiger partial charge in [-0.3, -0.25) is 0 Å². The van der Waals surface area contributed by atoms with E-state index in [-0.39, 0.29) is 21.9 Å². The van der Waals surface area contributed by atoms with Crippen LogP contribution in [0.25, 0.3) is 0 Å². The van der Waals surface area contributed by atoms with Crippen LogP contribution in [0.15, 0.2) is 16.6 Å². The summed E-state index contributed by atoms with van der Waals surface area (Å²) in [6, 6.07) is 0.0102. The van der Waals surface area contributed by atoms with Crippen LogP contribution < -0.4 is 5.73 Å². The molecule has 1 aromatic rings. The predicted molar refractivity (Wildman–Crippen MR) is 61.0 cm³/mol. The van der Waals surface area contributed by atoms with E-state index in [2.05, 4.69) is 15.9 Å². The first-order valence-corrected chi connectivity index (χ1v) is 4.90. The maximum absolute atomic E-state index is 12.3. The van der Waals surface area contributed by atoms with Crippen molar-refractivity contribution in [2.24, 2.45) is 5.73 Å². The fourth-order valence-corrected chi connectivity index (χ4v) is 1.83. The first-order chi connectivity index (χ1) is 6.73. The van der Waals surface area contributed by atoms with Gasteiger partial charge in [0.05, 0.1) is 4.47 Å². The Bertz CT molecular complexity index is 386. The monoisotopic (exact) mass is 339 g/mol. The van der Waals surface area contributed by atoms with Crippen LogP contribution in [0.3, 0.4) is 0 Å². The van der Waals surface area contributed by atoms with Gasteiger partial charge in [-0.05, 0) is 28.1 Å². The molecule has 0 aliphatic rings. The van der Waals surface area contributed by atoms with Crippen molar-refractivity contribution >= 4 is 39.9 Å². The molecule has 0 heterocycles. The second-order valence-electron chi connectivity index (χ2n) is 2.84. The first kappa shape index (κ1) is 15.8. The van der Waals surface area contributed by atoms with Crippen LogP contribution in [-0.4, -0.2) is 11.3 Å². The fraction of sp³-hybridized carbons (Fsp3) is 0.250. The van der Waals surface area contributed by atoms with Crippen molar-refractivity contribution in [3.05, 3.63) is 27.2 Å². The number of alkyl halides is 3. The number of phenolic OH excluding ortho intramolecular Hbond substituents is 1. The number of nitrogens with two attached hydrogens (primary N) is 1. The molecule has 1 rings (SSSR count). The molecule has 0 aliphatic heterocycles. The minimum Gasteiger partial charge on any atom is -0.506 e. The van der Waals surface area contributed by atoms with Crippen LogP contribution in [0.4, 0.5) is 13.2 Å². The summed E-state index contributed by atoms with van der Waals surface area (Å²) >= 11 is 8.43. The van der Waals surface area contributed by atoms with E-state index >= 15 is 0 Å². The topological polar surface area (TPSA) is 46.2 Å². The normalized spacial score (nSPS) is 13.1. The molecule has 0 unspecified atom stereocenters. The highest BCUT2D eigenvalue weighted by atomic mass is 79.9. The lowest BCUT2D eigenvalue weighted by Crippen LogP contribution is -2.28. The van der Waals surface area contributed by atoms with Gasteiger partial charge in [0.1, 0.15) is 11.8 Å². The van der Waals surface area contributed by atoms with Gasteiger partial charge in [0, 0.05) is 10.6 Å². The zero-order valence-electron chi connectivity index (χ0n) is 7.55. The Labute approximate surface area is 109 Å². The first-order valence-electron chi connectivity index (χ1n) is 3.73. The van der Waals surface area contributed by atoms with Gasteiger partial charge < -0.3 is 10.8 Å². The quantitative estimate of drug-likeness (QED) is 0.817. The molecule has 0 bridgehead atoms. The predicted octanol–water partition coefficient (Wildman–Crippen LogP) is 3.79. The molecule has 0 radical (unpaired) electrons. The highest BCUT2D eigenvalue weighted by molar-refractivity contribution is 9.10. The zero-order chi connectivity index (χ0) is 11.8. The van der Waals surface area contributed by atoms with Crippen LogP contribution >= 0.6 is 39.9 Å². The Morgan fingerprint density at radius 1 is 1.38 bits per heavy atom.